The SMILES string of the molecule is NC(=O)C(F)(F)c1c(F)ccc(NC(=O)c2cc(C3(C(N)=O)C(c4cc(C(F)(F)F)cc(C(F)(F)F)c4)C3(Cl)Cl)ccc2Cl)c1F. The third-order valence-corrected chi connectivity index (χ3v) is 8.56. The number of nitrogens with two attached hydrogens (primary N) is 2. The van der Waals surface area contributed by atoms with E-state index < -0.39 is 107 Å². The first kappa shape index (κ1) is 35.1. The summed E-state index contributed by atoms with van der Waals surface area (Å²) in [4.78, 5) is 37.0. The molecule has 0 heterocycles. The second-order valence-electron chi connectivity index (χ2n) is 9.94. The smallest absolute Gasteiger partial charge is 0.369 e. The monoisotopic (exact) mass is 723 g/mol. The van der Waals surface area contributed by atoms with Gasteiger partial charge in [-0.25, -0.2) is 8.78 Å². The van der Waals surface area contributed by atoms with Crippen molar-refractivity contribution in [1.82, 2.24) is 0 Å². The lowest BCUT2D eigenvalue weighted by atomic mass is 9.88. The van der Waals surface area contributed by atoms with Gasteiger partial charge in [0.05, 0.1) is 27.4 Å². The summed E-state index contributed by atoms with van der Waals surface area (Å²) >= 11 is 18.7. The second kappa shape index (κ2) is 11.2. The molecule has 2 atom stereocenters. The van der Waals surface area contributed by atoms with Crippen molar-refractivity contribution in [3.8, 4) is 0 Å². The lowest BCUT2D eigenvalue weighted by molar-refractivity contribution is -0.144. The summed E-state index contributed by atoms with van der Waals surface area (Å²) in [6.45, 7) is 0. The molecule has 5 N–H and O–H groups in total. The van der Waals surface area contributed by atoms with Crippen LogP contribution in [0.1, 0.15) is 44.1 Å². The van der Waals surface area contributed by atoms with Crippen molar-refractivity contribution in [1.29, 1.82) is 0 Å². The van der Waals surface area contributed by atoms with Gasteiger partial charge in [-0.2, -0.15) is 35.1 Å². The molecule has 3 aromatic rings. The largest absolute Gasteiger partial charge is 0.416 e. The number of hydrogen-bond donors (Lipinski definition) is 3. The normalized spacial score (nSPS) is 19.5. The van der Waals surface area contributed by atoms with Gasteiger partial charge in [0.25, 0.3) is 11.8 Å². The summed E-state index contributed by atoms with van der Waals surface area (Å²) in [5.41, 5.74) is -1.08. The molecular formula is C27H14Cl3F10N3O3. The Bertz CT molecular complexity index is 1760. The van der Waals surface area contributed by atoms with E-state index in [9.17, 15) is 58.3 Å². The number of halogens is 13. The van der Waals surface area contributed by atoms with E-state index >= 15 is 0 Å². The van der Waals surface area contributed by atoms with Gasteiger partial charge in [0, 0.05) is 5.92 Å². The number of alkyl halides is 10. The van der Waals surface area contributed by atoms with Crippen LogP contribution in [0.4, 0.5) is 49.6 Å². The van der Waals surface area contributed by atoms with Crippen molar-refractivity contribution < 1.29 is 58.3 Å². The maximum atomic E-state index is 14.9. The maximum Gasteiger partial charge on any atom is 0.416 e. The molecule has 0 saturated heterocycles. The zero-order valence-corrected chi connectivity index (χ0v) is 24.3. The zero-order chi connectivity index (χ0) is 34.9. The Balaban J connectivity index is 1.83. The summed E-state index contributed by atoms with van der Waals surface area (Å²) in [5.74, 6) is -16.0. The van der Waals surface area contributed by atoms with Crippen molar-refractivity contribution in [2.75, 3.05) is 5.32 Å². The van der Waals surface area contributed by atoms with Gasteiger partial charge in [0.15, 0.2) is 5.82 Å². The minimum atomic E-state index is -5.29. The van der Waals surface area contributed by atoms with E-state index in [1.165, 1.54) is 0 Å². The lowest BCUT2D eigenvalue weighted by Crippen LogP contribution is -2.35. The number of anilines is 1. The zero-order valence-electron chi connectivity index (χ0n) is 22.0. The number of carbonyl (C=O) groups is 3. The van der Waals surface area contributed by atoms with Crippen LogP contribution in [-0.2, 0) is 33.3 Å². The van der Waals surface area contributed by atoms with Crippen molar-refractivity contribution in [2.45, 2.75) is 33.9 Å². The summed E-state index contributed by atoms with van der Waals surface area (Å²) in [6, 6.07) is 3.81. The number of primary amides is 2. The van der Waals surface area contributed by atoms with Crippen molar-refractivity contribution in [3.05, 3.63) is 98.6 Å². The fraction of sp³-hybridized carbons (Fsp3) is 0.222. The summed E-state index contributed by atoms with van der Waals surface area (Å²) < 4.78 is 136. The van der Waals surface area contributed by atoms with E-state index in [0.29, 0.717) is 6.07 Å². The van der Waals surface area contributed by atoms with E-state index in [1.807, 2.05) is 0 Å². The topological polar surface area (TPSA) is 115 Å². The molecular weight excluding hydrogens is 711 g/mol. The predicted octanol–water partition coefficient (Wildman–Crippen LogP) is 7.18. The van der Waals surface area contributed by atoms with Crippen LogP contribution in [0.15, 0.2) is 48.5 Å². The van der Waals surface area contributed by atoms with Gasteiger partial charge < -0.3 is 16.8 Å². The van der Waals surface area contributed by atoms with Crippen molar-refractivity contribution in [3.63, 3.8) is 0 Å². The molecule has 46 heavy (non-hydrogen) atoms. The molecule has 6 nitrogen and oxygen atoms in total. The highest BCUT2D eigenvalue weighted by atomic mass is 35.5. The third-order valence-electron chi connectivity index (χ3n) is 7.20. The number of hydrogen-bond acceptors (Lipinski definition) is 3. The van der Waals surface area contributed by atoms with Crippen LogP contribution in [0, 0.1) is 11.6 Å². The molecule has 1 aliphatic carbocycles. The van der Waals surface area contributed by atoms with E-state index in [1.54, 1.807) is 5.32 Å². The van der Waals surface area contributed by atoms with Crippen LogP contribution in [0.25, 0.3) is 0 Å². The van der Waals surface area contributed by atoms with E-state index in [-0.39, 0.29) is 24.3 Å². The quantitative estimate of drug-likeness (QED) is 0.177. The molecule has 3 aromatic carbocycles. The highest BCUT2D eigenvalue weighted by Gasteiger charge is 2.81. The van der Waals surface area contributed by atoms with Gasteiger partial charge in [-0.1, -0.05) is 40.9 Å². The predicted molar refractivity (Wildman–Crippen MR) is 143 cm³/mol. The highest BCUT2D eigenvalue weighted by molar-refractivity contribution is 6.55. The molecule has 0 spiro atoms. The Kier molecular flexibility index (Phi) is 8.54. The average Bonchev–Trinajstić information content (AvgIpc) is 3.46. The first-order valence-electron chi connectivity index (χ1n) is 12.1. The molecule has 0 radical (unpaired) electrons. The molecule has 19 heteroatoms. The Morgan fingerprint density at radius 3 is 1.83 bits per heavy atom. The van der Waals surface area contributed by atoms with Gasteiger partial charge in [0.2, 0.25) is 5.91 Å². The molecule has 246 valence electrons. The van der Waals surface area contributed by atoms with Crippen LogP contribution in [0.5, 0.6) is 0 Å². The standard InChI is InChI=1S/C27H14Cl3F10N3O3/c28-14-2-1-10(8-13(14)20(44)43-16-4-3-15(31)17(18(16)32)24(33,34)22(42)46)23(21(41)45)19(25(23,29)30)9-5-11(26(35,36)37)7-12(6-9)27(38,39)40/h1-8,19H,(H2,41,45)(H2,42,46)(H,43,44). The molecule has 0 aromatic heterocycles. The number of carbonyl (C=O) groups excluding carboxylic acids is 3. The fourth-order valence-electron chi connectivity index (χ4n) is 5.01. The van der Waals surface area contributed by atoms with Crippen LogP contribution < -0.4 is 16.8 Å². The summed E-state index contributed by atoms with van der Waals surface area (Å²) in [5, 5.41) is 1.33. The Morgan fingerprint density at radius 1 is 0.804 bits per heavy atom. The van der Waals surface area contributed by atoms with Crippen molar-refractivity contribution in [2.24, 2.45) is 11.5 Å². The lowest BCUT2D eigenvalue weighted by Gasteiger charge is -2.19. The average molecular weight is 725 g/mol. The molecule has 1 saturated carbocycles. The van der Waals surface area contributed by atoms with Crippen molar-refractivity contribution >= 4 is 58.2 Å². The molecule has 1 aliphatic rings. The molecule has 2 unspecified atom stereocenters. The van der Waals surface area contributed by atoms with E-state index in [0.717, 1.165) is 18.2 Å². The Morgan fingerprint density at radius 2 is 1.35 bits per heavy atom. The summed E-state index contributed by atoms with van der Waals surface area (Å²) in [6.07, 6.45) is -10.6. The Hall–Kier alpha value is -3.76. The molecule has 3 amide bonds. The molecule has 0 bridgehead atoms. The van der Waals surface area contributed by atoms with Gasteiger partial charge in [0.1, 0.15) is 21.1 Å². The summed E-state index contributed by atoms with van der Waals surface area (Å²) in [7, 11) is 0. The minimum Gasteiger partial charge on any atom is -0.369 e. The first-order chi connectivity index (χ1) is 20.9. The van der Waals surface area contributed by atoms with E-state index in [4.69, 9.17) is 40.5 Å². The number of rotatable bonds is 7. The van der Waals surface area contributed by atoms with Gasteiger partial charge >= 0.3 is 18.3 Å². The van der Waals surface area contributed by atoms with E-state index in [2.05, 4.69) is 5.73 Å². The highest BCUT2D eigenvalue weighted by Crippen LogP contribution is 2.74. The molecule has 0 aliphatic heterocycles. The van der Waals surface area contributed by atoms with Gasteiger partial charge in [-0.15, -0.1) is 0 Å². The fourth-order valence-corrected chi connectivity index (χ4v) is 6.31. The minimum absolute atomic E-state index is 0.175. The maximum absolute atomic E-state index is 14.9. The van der Waals surface area contributed by atoms with Crippen LogP contribution in [-0.4, -0.2) is 22.1 Å². The molecule has 4 rings (SSSR count). The van der Waals surface area contributed by atoms with Crippen LogP contribution in [0.2, 0.25) is 5.02 Å². The Labute approximate surface area is 265 Å². The van der Waals surface area contributed by atoms with Crippen LogP contribution >= 0.6 is 34.8 Å². The second-order valence-corrected chi connectivity index (χ2v) is 11.7. The van der Waals surface area contributed by atoms with Crippen LogP contribution in [0.3, 0.4) is 0 Å². The molecule has 1 fully saturated rings. The third kappa shape index (κ3) is 5.59. The number of benzene rings is 3. The number of nitrogens with one attached hydrogen (secondary N) is 1. The van der Waals surface area contributed by atoms with Gasteiger partial charge in [-0.05, 0) is 53.6 Å². The van der Waals surface area contributed by atoms with Gasteiger partial charge in [-0.3, -0.25) is 14.4 Å². The number of amides is 3. The first-order valence-corrected chi connectivity index (χ1v) is 13.3.